The molecule has 0 heterocycles. The third-order valence-corrected chi connectivity index (χ3v) is 5.00. The zero-order valence-electron chi connectivity index (χ0n) is 11.8. The highest BCUT2D eigenvalue weighted by atomic mass is 16.5. The summed E-state index contributed by atoms with van der Waals surface area (Å²) in [5.74, 6) is 3.07. The van der Waals surface area contributed by atoms with Gasteiger partial charge in [0.05, 0.1) is 14.2 Å². The van der Waals surface area contributed by atoms with Gasteiger partial charge < -0.3 is 15.2 Å². The summed E-state index contributed by atoms with van der Waals surface area (Å²) in [5, 5.41) is 0. The Kier molecular flexibility index (Phi) is 3.17. The molecule has 2 aliphatic rings. The van der Waals surface area contributed by atoms with Crippen molar-refractivity contribution >= 4 is 0 Å². The van der Waals surface area contributed by atoms with Gasteiger partial charge in [0.2, 0.25) is 0 Å². The molecule has 3 rings (SSSR count). The molecule has 3 heteroatoms. The molecule has 2 N–H and O–H groups in total. The van der Waals surface area contributed by atoms with Gasteiger partial charge in [0, 0.05) is 5.54 Å². The normalized spacial score (nSPS) is 32.6. The topological polar surface area (TPSA) is 44.5 Å². The molecule has 2 saturated carbocycles. The van der Waals surface area contributed by atoms with Gasteiger partial charge in [0.25, 0.3) is 0 Å². The summed E-state index contributed by atoms with van der Waals surface area (Å²) in [7, 11) is 3.34. The van der Waals surface area contributed by atoms with Crippen molar-refractivity contribution in [1.29, 1.82) is 0 Å². The fourth-order valence-corrected chi connectivity index (χ4v) is 3.90. The average Bonchev–Trinajstić information content (AvgIpc) is 3.04. The second-order valence-corrected chi connectivity index (χ2v) is 5.98. The molecule has 3 nitrogen and oxygen atoms in total. The molecule has 2 unspecified atom stereocenters. The predicted molar refractivity (Wildman–Crippen MR) is 75.6 cm³/mol. The third-order valence-electron chi connectivity index (χ3n) is 5.00. The van der Waals surface area contributed by atoms with Crippen LogP contribution in [0.2, 0.25) is 0 Å². The van der Waals surface area contributed by atoms with Crippen LogP contribution in [0.5, 0.6) is 11.5 Å². The van der Waals surface area contributed by atoms with Crippen molar-refractivity contribution in [1.82, 2.24) is 0 Å². The number of hydrogen-bond acceptors (Lipinski definition) is 3. The standard InChI is InChI=1S/C16H23NO2/c1-18-14-8-7-11(9-15(14)19-2)10-16(17)12-5-3-4-6-13(12)16/h7-9,12-13H,3-6,10,17H2,1-2H3. The molecule has 104 valence electrons. The second kappa shape index (κ2) is 4.71. The van der Waals surface area contributed by atoms with Crippen molar-refractivity contribution in [2.75, 3.05) is 14.2 Å². The van der Waals surface area contributed by atoms with E-state index in [1.807, 2.05) is 6.07 Å². The maximum Gasteiger partial charge on any atom is 0.160 e. The van der Waals surface area contributed by atoms with Crippen molar-refractivity contribution in [2.45, 2.75) is 37.6 Å². The van der Waals surface area contributed by atoms with E-state index < -0.39 is 0 Å². The second-order valence-electron chi connectivity index (χ2n) is 5.98. The van der Waals surface area contributed by atoms with E-state index in [1.54, 1.807) is 14.2 Å². The van der Waals surface area contributed by atoms with Crippen LogP contribution in [0, 0.1) is 11.8 Å². The van der Waals surface area contributed by atoms with E-state index in [4.69, 9.17) is 15.2 Å². The number of fused-ring (bicyclic) bond motifs is 1. The number of rotatable bonds is 4. The summed E-state index contributed by atoms with van der Waals surface area (Å²) in [6, 6.07) is 6.15. The van der Waals surface area contributed by atoms with Crippen LogP contribution in [0.4, 0.5) is 0 Å². The molecular formula is C16H23NO2. The van der Waals surface area contributed by atoms with Gasteiger partial charge in [-0.05, 0) is 48.8 Å². The lowest BCUT2D eigenvalue weighted by Crippen LogP contribution is -2.29. The summed E-state index contributed by atoms with van der Waals surface area (Å²) >= 11 is 0. The minimum Gasteiger partial charge on any atom is -0.493 e. The highest BCUT2D eigenvalue weighted by molar-refractivity contribution is 5.44. The Hall–Kier alpha value is -1.22. The molecule has 0 saturated heterocycles. The van der Waals surface area contributed by atoms with Crippen molar-refractivity contribution in [3.8, 4) is 11.5 Å². The number of nitrogens with two attached hydrogens (primary N) is 1. The van der Waals surface area contributed by atoms with E-state index in [0.717, 1.165) is 29.8 Å². The van der Waals surface area contributed by atoms with Gasteiger partial charge in [-0.15, -0.1) is 0 Å². The molecular weight excluding hydrogens is 238 g/mol. The molecule has 0 bridgehead atoms. The molecule has 1 aromatic carbocycles. The summed E-state index contributed by atoms with van der Waals surface area (Å²) < 4.78 is 10.6. The van der Waals surface area contributed by atoms with Gasteiger partial charge in [0.1, 0.15) is 0 Å². The lowest BCUT2D eigenvalue weighted by atomic mass is 10.0. The minimum absolute atomic E-state index is 0.0378. The van der Waals surface area contributed by atoms with Crippen LogP contribution < -0.4 is 15.2 Å². The van der Waals surface area contributed by atoms with E-state index >= 15 is 0 Å². The van der Waals surface area contributed by atoms with E-state index in [0.29, 0.717) is 0 Å². The summed E-state index contributed by atoms with van der Waals surface area (Å²) in [6.45, 7) is 0. The summed E-state index contributed by atoms with van der Waals surface area (Å²) in [4.78, 5) is 0. The molecule has 1 aromatic rings. The van der Waals surface area contributed by atoms with Crippen LogP contribution in [-0.4, -0.2) is 19.8 Å². The lowest BCUT2D eigenvalue weighted by molar-refractivity contribution is 0.354. The molecule has 0 aromatic heterocycles. The SMILES string of the molecule is COc1ccc(CC2(N)C3CCCCC32)cc1OC. The van der Waals surface area contributed by atoms with Crippen LogP contribution in [0.15, 0.2) is 18.2 Å². The van der Waals surface area contributed by atoms with Crippen LogP contribution in [-0.2, 0) is 6.42 Å². The largest absolute Gasteiger partial charge is 0.493 e. The van der Waals surface area contributed by atoms with E-state index in [2.05, 4.69) is 12.1 Å². The van der Waals surface area contributed by atoms with Crippen LogP contribution in [0.3, 0.4) is 0 Å². The predicted octanol–water partition coefficient (Wildman–Crippen LogP) is 2.76. The van der Waals surface area contributed by atoms with Gasteiger partial charge in [-0.2, -0.15) is 0 Å². The third kappa shape index (κ3) is 2.10. The fourth-order valence-electron chi connectivity index (χ4n) is 3.90. The van der Waals surface area contributed by atoms with E-state index in [1.165, 1.54) is 31.2 Å². The first-order chi connectivity index (χ1) is 9.19. The number of ether oxygens (including phenoxy) is 2. The number of hydrogen-bond donors (Lipinski definition) is 1. The van der Waals surface area contributed by atoms with E-state index in [-0.39, 0.29) is 5.54 Å². The molecule has 0 radical (unpaired) electrons. The molecule has 19 heavy (non-hydrogen) atoms. The Morgan fingerprint density at radius 1 is 1.11 bits per heavy atom. The highest BCUT2D eigenvalue weighted by Crippen LogP contribution is 2.58. The first-order valence-electron chi connectivity index (χ1n) is 7.19. The Balaban J connectivity index is 1.77. The Labute approximate surface area is 115 Å². The Morgan fingerprint density at radius 3 is 2.32 bits per heavy atom. The molecule has 2 fully saturated rings. The first-order valence-corrected chi connectivity index (χ1v) is 7.19. The number of benzene rings is 1. The average molecular weight is 261 g/mol. The molecule has 0 amide bonds. The van der Waals surface area contributed by atoms with Crippen molar-refractivity contribution in [3.63, 3.8) is 0 Å². The van der Waals surface area contributed by atoms with Gasteiger partial charge >= 0.3 is 0 Å². The Bertz CT molecular complexity index is 460. The van der Waals surface area contributed by atoms with Crippen molar-refractivity contribution in [2.24, 2.45) is 17.6 Å². The zero-order valence-corrected chi connectivity index (χ0v) is 11.8. The highest BCUT2D eigenvalue weighted by Gasteiger charge is 2.61. The maximum absolute atomic E-state index is 6.62. The quantitative estimate of drug-likeness (QED) is 0.906. The van der Waals surface area contributed by atoms with Gasteiger partial charge in [0.15, 0.2) is 11.5 Å². The van der Waals surface area contributed by atoms with Crippen LogP contribution in [0.1, 0.15) is 31.2 Å². The zero-order chi connectivity index (χ0) is 13.5. The monoisotopic (exact) mass is 261 g/mol. The maximum atomic E-state index is 6.62. The number of methoxy groups -OCH3 is 2. The Morgan fingerprint density at radius 2 is 1.74 bits per heavy atom. The molecule has 0 spiro atoms. The molecule has 2 aliphatic carbocycles. The van der Waals surface area contributed by atoms with Crippen LogP contribution >= 0.6 is 0 Å². The summed E-state index contributed by atoms with van der Waals surface area (Å²) in [5.41, 5.74) is 7.91. The minimum atomic E-state index is 0.0378. The summed E-state index contributed by atoms with van der Waals surface area (Å²) in [6.07, 6.45) is 6.30. The molecule has 0 aliphatic heterocycles. The van der Waals surface area contributed by atoms with Gasteiger partial charge in [-0.25, -0.2) is 0 Å². The first kappa shape index (κ1) is 12.8. The smallest absolute Gasteiger partial charge is 0.160 e. The lowest BCUT2D eigenvalue weighted by Gasteiger charge is -2.14. The van der Waals surface area contributed by atoms with Crippen molar-refractivity contribution in [3.05, 3.63) is 23.8 Å². The van der Waals surface area contributed by atoms with Gasteiger partial charge in [-0.3, -0.25) is 0 Å². The van der Waals surface area contributed by atoms with Crippen LogP contribution in [0.25, 0.3) is 0 Å². The van der Waals surface area contributed by atoms with E-state index in [9.17, 15) is 0 Å². The molecule has 2 atom stereocenters. The van der Waals surface area contributed by atoms with Gasteiger partial charge in [-0.1, -0.05) is 18.9 Å². The van der Waals surface area contributed by atoms with Crippen molar-refractivity contribution < 1.29 is 9.47 Å². The fraction of sp³-hybridized carbons (Fsp3) is 0.625.